The van der Waals surface area contributed by atoms with E-state index in [0.29, 0.717) is 18.4 Å². The van der Waals surface area contributed by atoms with Crippen LogP contribution in [0.25, 0.3) is 0 Å². The molecule has 0 aromatic heterocycles. The lowest BCUT2D eigenvalue weighted by Crippen LogP contribution is -2.61. The second kappa shape index (κ2) is 5.57. The number of carboxylic acid groups (broad SMARTS) is 1. The highest BCUT2D eigenvalue weighted by molar-refractivity contribution is 5.80. The number of likely N-dealkylation sites (N-methyl/N-ethyl adjacent to an activating group) is 1. The van der Waals surface area contributed by atoms with Crippen LogP contribution in [0.2, 0.25) is 0 Å². The van der Waals surface area contributed by atoms with Crippen LogP contribution in [0.1, 0.15) is 39.5 Å². The van der Waals surface area contributed by atoms with Gasteiger partial charge in [-0.25, -0.2) is 0 Å². The number of likely N-dealkylation sites (tertiary alicyclic amines) is 1. The predicted octanol–water partition coefficient (Wildman–Crippen LogP) is 1.56. The maximum Gasteiger partial charge on any atom is 0.325 e. The highest BCUT2D eigenvalue weighted by Crippen LogP contribution is 2.40. The number of nitrogens with one attached hydrogen (secondary N) is 1. The Kier molecular flexibility index (Phi) is 4.28. The summed E-state index contributed by atoms with van der Waals surface area (Å²) in [5.74, 6) is 0.364. The molecule has 0 aromatic carbocycles. The fraction of sp³-hybridized carbons (Fsp3) is 0.929. The van der Waals surface area contributed by atoms with Crippen molar-refractivity contribution in [2.24, 2.45) is 11.8 Å². The van der Waals surface area contributed by atoms with E-state index in [1.165, 1.54) is 12.8 Å². The number of hydrogen-bond acceptors (Lipinski definition) is 3. The molecule has 2 aliphatic rings. The molecule has 2 unspecified atom stereocenters. The van der Waals surface area contributed by atoms with Gasteiger partial charge in [-0.2, -0.15) is 0 Å². The molecule has 2 rings (SSSR count). The van der Waals surface area contributed by atoms with Crippen LogP contribution in [-0.4, -0.2) is 47.7 Å². The van der Waals surface area contributed by atoms with Gasteiger partial charge in [0.15, 0.2) is 0 Å². The number of aliphatic carboxylic acids is 1. The third kappa shape index (κ3) is 2.86. The van der Waals surface area contributed by atoms with E-state index < -0.39 is 11.5 Å². The van der Waals surface area contributed by atoms with Gasteiger partial charge in [-0.3, -0.25) is 4.79 Å². The minimum Gasteiger partial charge on any atom is -0.480 e. The van der Waals surface area contributed by atoms with Gasteiger partial charge in [0.2, 0.25) is 0 Å². The maximum atomic E-state index is 11.8. The first-order chi connectivity index (χ1) is 8.58. The van der Waals surface area contributed by atoms with Gasteiger partial charge < -0.3 is 15.3 Å². The van der Waals surface area contributed by atoms with Gasteiger partial charge >= 0.3 is 5.97 Å². The number of hydrogen-bond donors (Lipinski definition) is 2. The Morgan fingerprint density at radius 1 is 1.44 bits per heavy atom. The fourth-order valence-corrected chi connectivity index (χ4v) is 3.32. The first kappa shape index (κ1) is 13.8. The lowest BCUT2D eigenvalue weighted by molar-refractivity contribution is -0.147. The summed E-state index contributed by atoms with van der Waals surface area (Å²) >= 11 is 0. The zero-order chi connectivity index (χ0) is 13.2. The van der Waals surface area contributed by atoms with E-state index in [4.69, 9.17) is 0 Å². The topological polar surface area (TPSA) is 52.6 Å². The molecule has 18 heavy (non-hydrogen) atoms. The number of nitrogens with zero attached hydrogens (tertiary/aromatic N) is 1. The van der Waals surface area contributed by atoms with Crippen molar-refractivity contribution >= 4 is 5.97 Å². The Hall–Kier alpha value is -0.610. The quantitative estimate of drug-likeness (QED) is 0.755. The summed E-state index contributed by atoms with van der Waals surface area (Å²) < 4.78 is 0. The standard InChI is InChI=1S/C14H26N2O2/c1-3-15-14(13(17)18,12-6-7-12)10-16-8-4-5-11(2)9-16/h11-12,15H,3-10H2,1-2H3,(H,17,18). The molecule has 0 amide bonds. The summed E-state index contributed by atoms with van der Waals surface area (Å²) in [7, 11) is 0. The van der Waals surface area contributed by atoms with Crippen LogP contribution in [0.5, 0.6) is 0 Å². The van der Waals surface area contributed by atoms with E-state index in [1.54, 1.807) is 0 Å². The molecule has 0 radical (unpaired) electrons. The highest BCUT2D eigenvalue weighted by atomic mass is 16.4. The zero-order valence-corrected chi connectivity index (χ0v) is 11.6. The summed E-state index contributed by atoms with van der Waals surface area (Å²) in [5.41, 5.74) is -0.703. The molecule has 104 valence electrons. The monoisotopic (exact) mass is 254 g/mol. The van der Waals surface area contributed by atoms with Crippen LogP contribution in [0.3, 0.4) is 0 Å². The third-order valence-electron chi connectivity index (χ3n) is 4.36. The summed E-state index contributed by atoms with van der Waals surface area (Å²) in [6.07, 6.45) is 4.60. The molecule has 0 spiro atoms. The SMILES string of the molecule is CCNC(CN1CCCC(C)C1)(C(=O)O)C1CC1. The molecule has 4 nitrogen and oxygen atoms in total. The molecule has 4 heteroatoms. The molecule has 2 fully saturated rings. The van der Waals surface area contributed by atoms with Crippen molar-refractivity contribution in [3.63, 3.8) is 0 Å². The van der Waals surface area contributed by atoms with Crippen molar-refractivity contribution in [3.8, 4) is 0 Å². The average Bonchev–Trinajstić information content (AvgIpc) is 3.12. The maximum absolute atomic E-state index is 11.8. The van der Waals surface area contributed by atoms with Crippen molar-refractivity contribution in [2.75, 3.05) is 26.2 Å². The van der Waals surface area contributed by atoms with E-state index in [-0.39, 0.29) is 0 Å². The molecule has 2 N–H and O–H groups in total. The van der Waals surface area contributed by atoms with Crippen LogP contribution in [0.15, 0.2) is 0 Å². The second-order valence-electron chi connectivity index (χ2n) is 6.06. The molecule has 0 aromatic rings. The zero-order valence-electron chi connectivity index (χ0n) is 11.6. The van der Waals surface area contributed by atoms with Crippen LogP contribution in [0.4, 0.5) is 0 Å². The van der Waals surface area contributed by atoms with E-state index in [1.807, 2.05) is 6.92 Å². The van der Waals surface area contributed by atoms with Gasteiger partial charge in [-0.15, -0.1) is 0 Å². The van der Waals surface area contributed by atoms with Crippen molar-refractivity contribution in [1.29, 1.82) is 0 Å². The number of piperidine rings is 1. The minimum atomic E-state index is -0.703. The van der Waals surface area contributed by atoms with Crippen LogP contribution < -0.4 is 5.32 Å². The van der Waals surface area contributed by atoms with Crippen molar-refractivity contribution in [1.82, 2.24) is 10.2 Å². The molecule has 1 aliphatic carbocycles. The van der Waals surface area contributed by atoms with E-state index in [2.05, 4.69) is 17.1 Å². The van der Waals surface area contributed by atoms with Crippen molar-refractivity contribution in [3.05, 3.63) is 0 Å². The molecule has 1 heterocycles. The third-order valence-corrected chi connectivity index (χ3v) is 4.36. The van der Waals surface area contributed by atoms with E-state index in [0.717, 1.165) is 32.5 Å². The molecular formula is C14H26N2O2. The van der Waals surface area contributed by atoms with Gasteiger partial charge in [0.1, 0.15) is 5.54 Å². The van der Waals surface area contributed by atoms with Crippen LogP contribution in [-0.2, 0) is 4.79 Å². The predicted molar refractivity (Wildman–Crippen MR) is 71.6 cm³/mol. The van der Waals surface area contributed by atoms with E-state index in [9.17, 15) is 9.90 Å². The molecule has 1 saturated carbocycles. The molecule has 1 saturated heterocycles. The molecule has 0 bridgehead atoms. The Bertz CT molecular complexity index is 304. The number of rotatable bonds is 6. The smallest absolute Gasteiger partial charge is 0.325 e. The van der Waals surface area contributed by atoms with Crippen molar-refractivity contribution in [2.45, 2.75) is 45.1 Å². The lowest BCUT2D eigenvalue weighted by Gasteiger charge is -2.39. The van der Waals surface area contributed by atoms with Crippen LogP contribution in [0, 0.1) is 11.8 Å². The average molecular weight is 254 g/mol. The van der Waals surface area contributed by atoms with Crippen LogP contribution >= 0.6 is 0 Å². The first-order valence-electron chi connectivity index (χ1n) is 7.29. The first-order valence-corrected chi connectivity index (χ1v) is 7.29. The number of carbonyl (C=O) groups is 1. The number of carboxylic acids is 1. The Morgan fingerprint density at radius 3 is 2.67 bits per heavy atom. The highest BCUT2D eigenvalue weighted by Gasteiger charge is 2.51. The normalized spacial score (nSPS) is 28.9. The second-order valence-corrected chi connectivity index (χ2v) is 6.06. The van der Waals surface area contributed by atoms with Gasteiger partial charge in [0.25, 0.3) is 0 Å². The summed E-state index contributed by atoms with van der Waals surface area (Å²) in [5, 5.41) is 13.0. The molecule has 1 aliphatic heterocycles. The van der Waals surface area contributed by atoms with Crippen molar-refractivity contribution < 1.29 is 9.90 Å². The largest absolute Gasteiger partial charge is 0.480 e. The van der Waals surface area contributed by atoms with E-state index >= 15 is 0 Å². The summed E-state index contributed by atoms with van der Waals surface area (Å²) in [6.45, 7) is 7.76. The van der Waals surface area contributed by atoms with Gasteiger partial charge in [-0.05, 0) is 50.6 Å². The Morgan fingerprint density at radius 2 is 2.17 bits per heavy atom. The Labute approximate surface area is 110 Å². The van der Waals surface area contributed by atoms with Gasteiger partial charge in [-0.1, -0.05) is 13.8 Å². The molecular weight excluding hydrogens is 228 g/mol. The lowest BCUT2D eigenvalue weighted by atomic mass is 9.90. The Balaban J connectivity index is 2.06. The summed E-state index contributed by atoms with van der Waals surface area (Å²) in [6, 6.07) is 0. The fourth-order valence-electron chi connectivity index (χ4n) is 3.32. The minimum absolute atomic E-state index is 0.326. The van der Waals surface area contributed by atoms with Gasteiger partial charge in [0, 0.05) is 13.1 Å². The molecule has 2 atom stereocenters. The van der Waals surface area contributed by atoms with Gasteiger partial charge in [0.05, 0.1) is 0 Å². The summed E-state index contributed by atoms with van der Waals surface area (Å²) in [4.78, 5) is 14.1.